The van der Waals surface area contributed by atoms with Crippen LogP contribution in [-0.4, -0.2) is 48.7 Å². The Labute approximate surface area is 222 Å². The number of nitrogens with one attached hydrogen (secondary N) is 2. The van der Waals surface area contributed by atoms with Gasteiger partial charge in [0.25, 0.3) is 5.91 Å². The van der Waals surface area contributed by atoms with Crippen molar-refractivity contribution < 1.29 is 23.1 Å². The minimum atomic E-state index is -4.74. The quantitative estimate of drug-likeness (QED) is 0.352. The van der Waals surface area contributed by atoms with Gasteiger partial charge in [-0.3, -0.25) is 4.79 Å². The number of nitrogens with zero attached hydrogens (tertiary/aromatic N) is 2. The van der Waals surface area contributed by atoms with Crippen molar-refractivity contribution in [3.8, 4) is 6.07 Å². The first kappa shape index (κ1) is 29.6. The molecule has 0 heterocycles. The molecule has 1 unspecified atom stereocenters. The highest BCUT2D eigenvalue weighted by atomic mass is 19.4. The molecule has 0 spiro atoms. The largest absolute Gasteiger partial charge is 0.417 e. The van der Waals surface area contributed by atoms with Crippen LogP contribution in [0, 0.1) is 17.2 Å². The predicted molar refractivity (Wildman–Crippen MR) is 141 cm³/mol. The number of halogens is 3. The first-order valence-electron chi connectivity index (χ1n) is 13.1. The van der Waals surface area contributed by atoms with Crippen LogP contribution in [0.25, 0.3) is 0 Å². The fourth-order valence-electron chi connectivity index (χ4n) is 5.10. The van der Waals surface area contributed by atoms with Gasteiger partial charge in [-0.05, 0) is 81.7 Å². The second-order valence-corrected chi connectivity index (χ2v) is 10.4. The van der Waals surface area contributed by atoms with Gasteiger partial charge in [-0.25, -0.2) is 0 Å². The summed E-state index contributed by atoms with van der Waals surface area (Å²) in [5.74, 6) is -1.04. The summed E-state index contributed by atoms with van der Waals surface area (Å²) in [5.41, 5.74) is -1.72. The molecular formula is C29H37F3N4O2. The number of hydrogen-bond donors (Lipinski definition) is 3. The molecule has 0 radical (unpaired) electrons. The Kier molecular flexibility index (Phi) is 10.3. The molecule has 1 atom stereocenters. The van der Waals surface area contributed by atoms with E-state index < -0.39 is 28.8 Å². The maximum atomic E-state index is 13.5. The van der Waals surface area contributed by atoms with Gasteiger partial charge in [0.1, 0.15) is 5.60 Å². The Morgan fingerprint density at radius 1 is 1.11 bits per heavy atom. The molecule has 0 bridgehead atoms. The Morgan fingerprint density at radius 2 is 1.82 bits per heavy atom. The summed E-state index contributed by atoms with van der Waals surface area (Å²) < 4.78 is 40.3. The highest BCUT2D eigenvalue weighted by molar-refractivity contribution is 5.97. The number of aliphatic hydroxyl groups is 1. The summed E-state index contributed by atoms with van der Waals surface area (Å²) in [7, 11) is 4.06. The third kappa shape index (κ3) is 8.03. The molecule has 0 aliphatic heterocycles. The van der Waals surface area contributed by atoms with Crippen LogP contribution in [0.5, 0.6) is 0 Å². The monoisotopic (exact) mass is 530 g/mol. The topological polar surface area (TPSA) is 88.4 Å². The summed E-state index contributed by atoms with van der Waals surface area (Å²) in [4.78, 5) is 15.6. The van der Waals surface area contributed by atoms with Crippen molar-refractivity contribution in [2.24, 2.45) is 5.92 Å². The zero-order valence-electron chi connectivity index (χ0n) is 22.1. The van der Waals surface area contributed by atoms with Gasteiger partial charge in [-0.2, -0.15) is 18.4 Å². The van der Waals surface area contributed by atoms with Crippen molar-refractivity contribution >= 4 is 11.6 Å². The Hall–Kier alpha value is -2.93. The minimum absolute atomic E-state index is 0.0559. The summed E-state index contributed by atoms with van der Waals surface area (Å²) in [6.45, 7) is 2.50. The number of carbonyl (C=O) groups excluding carboxylic acids is 1. The second kappa shape index (κ2) is 13.2. The van der Waals surface area contributed by atoms with Crippen LogP contribution in [0.4, 0.5) is 18.9 Å². The highest BCUT2D eigenvalue weighted by Gasteiger charge is 2.44. The van der Waals surface area contributed by atoms with Gasteiger partial charge in [0.05, 0.1) is 17.2 Å². The molecule has 1 aliphatic rings. The number of amides is 1. The van der Waals surface area contributed by atoms with Gasteiger partial charge in [-0.1, -0.05) is 43.5 Å². The summed E-state index contributed by atoms with van der Waals surface area (Å²) in [6.07, 6.45) is 0.440. The molecule has 1 amide bonds. The molecule has 206 valence electrons. The van der Waals surface area contributed by atoms with Crippen molar-refractivity contribution in [2.45, 2.75) is 63.3 Å². The fourth-order valence-corrected chi connectivity index (χ4v) is 5.10. The minimum Gasteiger partial charge on any atom is -0.379 e. The summed E-state index contributed by atoms with van der Waals surface area (Å²) in [6, 6.07) is 12.3. The molecule has 1 saturated carbocycles. The van der Waals surface area contributed by atoms with E-state index in [2.05, 4.69) is 15.5 Å². The van der Waals surface area contributed by atoms with Crippen LogP contribution in [0.2, 0.25) is 0 Å². The number of alkyl halides is 3. The Morgan fingerprint density at radius 3 is 2.47 bits per heavy atom. The van der Waals surface area contributed by atoms with E-state index in [1.54, 1.807) is 0 Å². The standard InChI is InChI=1S/C29H37F3N4O2/c1-36(2)15-7-14-34-20-22-9-6-8-21(16-22)18-28(38,24-10-4-3-5-11-24)27(37)35-25-13-12-23(19-33)26(17-25)29(30,31)32/h6,8-9,12-13,16-17,24,34,38H,3-5,7,10-11,14-15,18,20H2,1-2H3,(H,35,37). The fraction of sp³-hybridized carbons (Fsp3) is 0.517. The Balaban J connectivity index is 1.79. The Bertz CT molecular complexity index is 1120. The molecule has 3 rings (SSSR count). The van der Waals surface area contributed by atoms with Gasteiger partial charge in [0, 0.05) is 18.7 Å². The van der Waals surface area contributed by atoms with Crippen LogP contribution < -0.4 is 10.6 Å². The average Bonchev–Trinajstić information content (AvgIpc) is 2.88. The third-order valence-electron chi connectivity index (χ3n) is 7.13. The number of anilines is 1. The van der Waals surface area contributed by atoms with Crippen molar-refractivity contribution in [2.75, 3.05) is 32.5 Å². The number of benzene rings is 2. The maximum absolute atomic E-state index is 13.5. The molecular weight excluding hydrogens is 493 g/mol. The van der Waals surface area contributed by atoms with Gasteiger partial charge >= 0.3 is 6.18 Å². The van der Waals surface area contributed by atoms with Crippen molar-refractivity contribution in [1.29, 1.82) is 5.26 Å². The lowest BCUT2D eigenvalue weighted by Crippen LogP contribution is -2.51. The molecule has 3 N–H and O–H groups in total. The van der Waals surface area contributed by atoms with E-state index in [0.717, 1.165) is 62.0 Å². The molecule has 0 aromatic heterocycles. The van der Waals surface area contributed by atoms with Gasteiger partial charge in [0.15, 0.2) is 0 Å². The smallest absolute Gasteiger partial charge is 0.379 e. The normalized spacial score (nSPS) is 16.2. The van der Waals surface area contributed by atoms with Crippen molar-refractivity contribution in [3.63, 3.8) is 0 Å². The molecule has 2 aromatic carbocycles. The van der Waals surface area contributed by atoms with E-state index >= 15 is 0 Å². The molecule has 6 nitrogen and oxygen atoms in total. The molecule has 2 aromatic rings. The predicted octanol–water partition coefficient (Wildman–Crippen LogP) is 5.11. The lowest BCUT2D eigenvalue weighted by Gasteiger charge is -2.37. The number of rotatable bonds is 11. The zero-order chi connectivity index (χ0) is 27.8. The van der Waals surface area contributed by atoms with E-state index in [9.17, 15) is 23.1 Å². The third-order valence-corrected chi connectivity index (χ3v) is 7.13. The summed E-state index contributed by atoms with van der Waals surface area (Å²) in [5, 5.41) is 26.8. The number of carbonyl (C=O) groups is 1. The van der Waals surface area contributed by atoms with Crippen LogP contribution in [0.15, 0.2) is 42.5 Å². The average molecular weight is 531 g/mol. The van der Waals surface area contributed by atoms with E-state index in [4.69, 9.17) is 5.26 Å². The maximum Gasteiger partial charge on any atom is 0.417 e. The SMILES string of the molecule is CN(C)CCCNCc1cccc(CC(O)(C(=O)Nc2ccc(C#N)c(C(F)(F)F)c2)C2CCCCC2)c1. The van der Waals surface area contributed by atoms with Crippen molar-refractivity contribution in [1.82, 2.24) is 10.2 Å². The highest BCUT2D eigenvalue weighted by Crippen LogP contribution is 2.37. The molecule has 38 heavy (non-hydrogen) atoms. The lowest BCUT2D eigenvalue weighted by molar-refractivity contribution is -0.142. The zero-order valence-corrected chi connectivity index (χ0v) is 22.1. The number of hydrogen-bond acceptors (Lipinski definition) is 5. The summed E-state index contributed by atoms with van der Waals surface area (Å²) >= 11 is 0. The first-order valence-corrected chi connectivity index (χ1v) is 13.1. The number of nitriles is 1. The second-order valence-electron chi connectivity index (χ2n) is 10.4. The van der Waals surface area contributed by atoms with Crippen LogP contribution in [0.3, 0.4) is 0 Å². The van der Waals surface area contributed by atoms with Crippen molar-refractivity contribution in [3.05, 3.63) is 64.7 Å². The van der Waals surface area contributed by atoms with Crippen LogP contribution in [0.1, 0.15) is 60.8 Å². The molecule has 9 heteroatoms. The lowest BCUT2D eigenvalue weighted by atomic mass is 9.73. The van der Waals surface area contributed by atoms with Crippen LogP contribution >= 0.6 is 0 Å². The van der Waals surface area contributed by atoms with E-state index in [1.807, 2.05) is 38.4 Å². The van der Waals surface area contributed by atoms with E-state index in [-0.39, 0.29) is 18.0 Å². The van der Waals surface area contributed by atoms with E-state index in [0.29, 0.717) is 19.4 Å². The van der Waals surface area contributed by atoms with Gasteiger partial charge < -0.3 is 20.6 Å². The molecule has 0 saturated heterocycles. The van der Waals surface area contributed by atoms with Gasteiger partial charge in [-0.15, -0.1) is 0 Å². The van der Waals surface area contributed by atoms with E-state index in [1.165, 1.54) is 12.1 Å². The van der Waals surface area contributed by atoms with Crippen LogP contribution in [-0.2, 0) is 23.9 Å². The molecule has 1 aliphatic carbocycles. The molecule has 1 fully saturated rings. The van der Waals surface area contributed by atoms with Gasteiger partial charge in [0.2, 0.25) is 0 Å². The first-order chi connectivity index (χ1) is 18.0.